The van der Waals surface area contributed by atoms with Crippen LogP contribution in [0, 0.1) is 0 Å². The van der Waals surface area contributed by atoms with Crippen molar-refractivity contribution >= 4 is 38.9 Å². The van der Waals surface area contributed by atoms with E-state index in [-0.39, 0.29) is 6.04 Å². The molecule has 100 valence electrons. The monoisotopic (exact) mass is 332 g/mol. The highest BCUT2D eigenvalue weighted by Gasteiger charge is 2.05. The zero-order valence-corrected chi connectivity index (χ0v) is 13.0. The smallest absolute Gasteiger partial charge is 0.171 e. The van der Waals surface area contributed by atoms with Gasteiger partial charge in [-0.15, -0.1) is 0 Å². The van der Waals surface area contributed by atoms with Crippen LogP contribution in [-0.4, -0.2) is 32.0 Å². The fourth-order valence-electron chi connectivity index (χ4n) is 1.44. The predicted octanol–water partition coefficient (Wildman–Crippen LogP) is 2.78. The lowest BCUT2D eigenvalue weighted by Crippen LogP contribution is -2.38. The van der Waals surface area contributed by atoms with Gasteiger partial charge in [-0.2, -0.15) is 0 Å². The number of rotatable bonds is 5. The highest BCUT2D eigenvalue weighted by molar-refractivity contribution is 9.10. The van der Waals surface area contributed by atoms with Crippen LogP contribution in [0.25, 0.3) is 0 Å². The first kappa shape index (κ1) is 15.2. The predicted molar refractivity (Wildman–Crippen MR) is 81.4 cm³/mol. The van der Waals surface area contributed by atoms with Crippen LogP contribution in [0.15, 0.2) is 22.7 Å². The molecular formula is C12H17BrN2O2S. The Balaban J connectivity index is 2.61. The summed E-state index contributed by atoms with van der Waals surface area (Å²) in [5.74, 6) is 0.764. The van der Waals surface area contributed by atoms with Gasteiger partial charge in [-0.05, 0) is 31.3 Å². The number of hydrogen-bond donors (Lipinski definition) is 2. The van der Waals surface area contributed by atoms with Crippen LogP contribution in [0.2, 0.25) is 0 Å². The minimum atomic E-state index is 0.157. The number of thiocarbonyl (C=S) groups is 1. The lowest BCUT2D eigenvalue weighted by Gasteiger charge is -2.16. The van der Waals surface area contributed by atoms with Crippen molar-refractivity contribution in [3.05, 3.63) is 22.7 Å². The molecule has 0 spiro atoms. The molecule has 2 N–H and O–H groups in total. The molecule has 0 aromatic heterocycles. The Morgan fingerprint density at radius 1 is 1.39 bits per heavy atom. The highest BCUT2D eigenvalue weighted by Crippen LogP contribution is 2.24. The minimum Gasteiger partial charge on any atom is -0.497 e. The molecule has 1 aromatic rings. The van der Waals surface area contributed by atoms with Gasteiger partial charge in [0.1, 0.15) is 5.75 Å². The van der Waals surface area contributed by atoms with Crippen LogP contribution in [0.1, 0.15) is 6.92 Å². The summed E-state index contributed by atoms with van der Waals surface area (Å²) >= 11 is 8.63. The molecule has 0 radical (unpaired) electrons. The molecule has 0 fully saturated rings. The number of ether oxygens (including phenoxy) is 2. The summed E-state index contributed by atoms with van der Waals surface area (Å²) < 4.78 is 11.1. The number of benzene rings is 1. The van der Waals surface area contributed by atoms with Gasteiger partial charge in [0.25, 0.3) is 0 Å². The van der Waals surface area contributed by atoms with Crippen molar-refractivity contribution in [3.8, 4) is 5.75 Å². The summed E-state index contributed by atoms with van der Waals surface area (Å²) in [6.07, 6.45) is 0. The van der Waals surface area contributed by atoms with Crippen molar-refractivity contribution < 1.29 is 9.47 Å². The molecule has 0 saturated heterocycles. The van der Waals surface area contributed by atoms with E-state index in [2.05, 4.69) is 26.6 Å². The van der Waals surface area contributed by atoms with Crippen LogP contribution >= 0.6 is 28.1 Å². The first-order chi connectivity index (χ1) is 8.55. The Morgan fingerprint density at radius 3 is 2.72 bits per heavy atom. The molecular weight excluding hydrogens is 316 g/mol. The normalized spacial score (nSPS) is 11.8. The first-order valence-corrected chi connectivity index (χ1v) is 6.66. The summed E-state index contributed by atoms with van der Waals surface area (Å²) in [6, 6.07) is 5.84. The molecule has 18 heavy (non-hydrogen) atoms. The second-order valence-corrected chi connectivity index (χ2v) is 5.16. The molecule has 0 aliphatic rings. The van der Waals surface area contributed by atoms with Gasteiger partial charge in [-0.1, -0.05) is 15.9 Å². The molecule has 0 aliphatic heterocycles. The van der Waals surface area contributed by atoms with E-state index in [1.165, 1.54) is 0 Å². The Labute approximate surface area is 121 Å². The third kappa shape index (κ3) is 5.20. The van der Waals surface area contributed by atoms with Crippen molar-refractivity contribution in [2.24, 2.45) is 0 Å². The average Bonchev–Trinajstić information content (AvgIpc) is 2.27. The zero-order chi connectivity index (χ0) is 13.5. The minimum absolute atomic E-state index is 0.157. The molecule has 1 aromatic carbocycles. The second-order valence-electron chi connectivity index (χ2n) is 3.83. The summed E-state index contributed by atoms with van der Waals surface area (Å²) in [6.45, 7) is 2.60. The van der Waals surface area contributed by atoms with E-state index in [9.17, 15) is 0 Å². The summed E-state index contributed by atoms with van der Waals surface area (Å²) in [5.41, 5.74) is 0.864. The maximum absolute atomic E-state index is 5.22. The van der Waals surface area contributed by atoms with Gasteiger partial charge in [-0.25, -0.2) is 0 Å². The standard InChI is InChI=1S/C12H17BrN2O2S/c1-8(7-16-2)14-12(18)15-10-4-9(13)5-11(6-10)17-3/h4-6,8H,7H2,1-3H3,(H2,14,15,18). The summed E-state index contributed by atoms with van der Waals surface area (Å²) in [4.78, 5) is 0. The molecule has 1 atom stereocenters. The molecule has 4 nitrogen and oxygen atoms in total. The van der Waals surface area contributed by atoms with Crippen molar-refractivity contribution in [2.75, 3.05) is 26.1 Å². The van der Waals surface area contributed by atoms with Gasteiger partial charge in [-0.3, -0.25) is 0 Å². The zero-order valence-electron chi connectivity index (χ0n) is 10.6. The third-order valence-electron chi connectivity index (χ3n) is 2.16. The number of anilines is 1. The molecule has 0 amide bonds. The van der Waals surface area contributed by atoms with E-state index in [0.717, 1.165) is 15.9 Å². The molecule has 6 heteroatoms. The largest absolute Gasteiger partial charge is 0.497 e. The lowest BCUT2D eigenvalue weighted by molar-refractivity contribution is 0.179. The Hall–Kier alpha value is -0.850. The van der Waals surface area contributed by atoms with Gasteiger partial charge in [0.2, 0.25) is 0 Å². The van der Waals surface area contributed by atoms with Crippen LogP contribution in [0.4, 0.5) is 5.69 Å². The summed E-state index contributed by atoms with van der Waals surface area (Å²) in [5, 5.41) is 6.78. The van der Waals surface area contributed by atoms with Crippen molar-refractivity contribution in [3.63, 3.8) is 0 Å². The third-order valence-corrected chi connectivity index (χ3v) is 2.84. The Morgan fingerprint density at radius 2 is 2.11 bits per heavy atom. The number of nitrogens with one attached hydrogen (secondary N) is 2. The molecule has 0 aliphatic carbocycles. The topological polar surface area (TPSA) is 42.5 Å². The SMILES string of the molecule is COCC(C)NC(=S)Nc1cc(Br)cc(OC)c1. The van der Waals surface area contributed by atoms with E-state index in [1.807, 2.05) is 25.1 Å². The summed E-state index contributed by atoms with van der Waals surface area (Å²) in [7, 11) is 3.29. The fourth-order valence-corrected chi connectivity index (χ4v) is 2.23. The first-order valence-electron chi connectivity index (χ1n) is 5.46. The quantitative estimate of drug-likeness (QED) is 0.811. The van der Waals surface area contributed by atoms with E-state index < -0.39 is 0 Å². The van der Waals surface area contributed by atoms with Gasteiger partial charge < -0.3 is 20.1 Å². The second kappa shape index (κ2) is 7.56. The van der Waals surface area contributed by atoms with Crippen LogP contribution < -0.4 is 15.4 Å². The average molecular weight is 333 g/mol. The van der Waals surface area contributed by atoms with Crippen molar-refractivity contribution in [2.45, 2.75) is 13.0 Å². The molecule has 0 bridgehead atoms. The number of halogens is 1. The lowest BCUT2D eigenvalue weighted by atomic mass is 10.3. The molecule has 0 saturated carbocycles. The maximum atomic E-state index is 5.22. The molecule has 1 rings (SSSR count). The van der Waals surface area contributed by atoms with Gasteiger partial charge in [0.15, 0.2) is 5.11 Å². The van der Waals surface area contributed by atoms with Gasteiger partial charge in [0.05, 0.1) is 13.7 Å². The van der Waals surface area contributed by atoms with Gasteiger partial charge in [0, 0.05) is 29.4 Å². The molecule has 1 unspecified atom stereocenters. The highest BCUT2D eigenvalue weighted by atomic mass is 79.9. The van der Waals surface area contributed by atoms with Gasteiger partial charge >= 0.3 is 0 Å². The van der Waals surface area contributed by atoms with E-state index >= 15 is 0 Å². The molecule has 0 heterocycles. The number of hydrogen-bond acceptors (Lipinski definition) is 3. The van der Waals surface area contributed by atoms with Crippen molar-refractivity contribution in [1.29, 1.82) is 0 Å². The van der Waals surface area contributed by atoms with E-state index in [0.29, 0.717) is 11.7 Å². The maximum Gasteiger partial charge on any atom is 0.171 e. The van der Waals surface area contributed by atoms with Crippen LogP contribution in [0.3, 0.4) is 0 Å². The van der Waals surface area contributed by atoms with Crippen LogP contribution in [0.5, 0.6) is 5.75 Å². The number of methoxy groups -OCH3 is 2. The van der Waals surface area contributed by atoms with Crippen molar-refractivity contribution in [1.82, 2.24) is 5.32 Å². The van der Waals surface area contributed by atoms with E-state index in [1.54, 1.807) is 14.2 Å². The Bertz CT molecular complexity index is 415. The van der Waals surface area contributed by atoms with E-state index in [4.69, 9.17) is 21.7 Å². The Kier molecular flexibility index (Phi) is 6.38. The van der Waals surface area contributed by atoms with Crippen LogP contribution in [-0.2, 0) is 4.74 Å². The fraction of sp³-hybridized carbons (Fsp3) is 0.417.